The van der Waals surface area contributed by atoms with E-state index in [4.69, 9.17) is 11.8 Å². The second-order valence-electron chi connectivity index (χ2n) is 1.59. The Balaban J connectivity index is 3.28. The molecule has 0 saturated heterocycles. The summed E-state index contributed by atoms with van der Waals surface area (Å²) in [5.41, 5.74) is 0.502. The highest BCUT2D eigenvalue weighted by Crippen LogP contribution is 2.13. The van der Waals surface area contributed by atoms with Crippen LogP contribution in [0.2, 0.25) is 0 Å². The van der Waals surface area contributed by atoms with Crippen LogP contribution >= 0.6 is 0 Å². The third kappa shape index (κ3) is 0.936. The van der Waals surface area contributed by atoms with Gasteiger partial charge in [0.05, 0.1) is 6.57 Å². The Morgan fingerprint density at radius 1 is 1.70 bits per heavy atom. The minimum Gasteiger partial charge on any atom is -0.257 e. The average molecular weight is 129 g/mol. The van der Waals surface area contributed by atoms with Crippen molar-refractivity contribution in [2.75, 3.05) is 0 Å². The van der Waals surface area contributed by atoms with E-state index in [0.717, 1.165) is 0 Å². The second-order valence-corrected chi connectivity index (χ2v) is 1.59. The molecule has 10 heavy (non-hydrogen) atoms. The molecule has 0 unspecified atom stereocenters. The van der Waals surface area contributed by atoms with Crippen LogP contribution < -0.4 is 0 Å². The SMILES string of the molecule is [C-]#[N+]c1cccnc1C#N. The standard InChI is InChI=1S/C7H3N3/c1-9-6-3-2-4-10-7(6)5-8/h2-4H. The summed E-state index contributed by atoms with van der Waals surface area (Å²) in [4.78, 5) is 6.80. The molecule has 0 radical (unpaired) electrons. The fourth-order valence-corrected chi connectivity index (χ4v) is 0.573. The summed E-state index contributed by atoms with van der Waals surface area (Å²) in [6.45, 7) is 6.62. The van der Waals surface area contributed by atoms with Crippen molar-refractivity contribution < 1.29 is 0 Å². The fraction of sp³-hybridized carbons (Fsp3) is 0. The minimum atomic E-state index is 0.192. The molecule has 3 heteroatoms. The fourth-order valence-electron chi connectivity index (χ4n) is 0.573. The quantitative estimate of drug-likeness (QED) is 0.498. The predicted octanol–water partition coefficient (Wildman–Crippen LogP) is 1.50. The molecule has 0 amide bonds. The summed E-state index contributed by atoms with van der Waals surface area (Å²) < 4.78 is 0. The van der Waals surface area contributed by atoms with Crippen molar-refractivity contribution in [1.29, 1.82) is 5.26 Å². The molecule has 0 N–H and O–H groups in total. The van der Waals surface area contributed by atoms with E-state index in [1.165, 1.54) is 6.20 Å². The van der Waals surface area contributed by atoms with Crippen LogP contribution in [-0.4, -0.2) is 4.98 Å². The Morgan fingerprint density at radius 2 is 2.50 bits per heavy atom. The van der Waals surface area contributed by atoms with Gasteiger partial charge in [0.2, 0.25) is 5.69 Å². The van der Waals surface area contributed by atoms with E-state index >= 15 is 0 Å². The molecule has 0 spiro atoms. The maximum Gasteiger partial charge on any atom is 0.222 e. The van der Waals surface area contributed by atoms with E-state index in [0.29, 0.717) is 5.69 Å². The number of hydrogen-bond donors (Lipinski definition) is 0. The molecule has 0 aliphatic heterocycles. The molecule has 0 bridgehead atoms. The molecule has 46 valence electrons. The zero-order valence-electron chi connectivity index (χ0n) is 5.07. The van der Waals surface area contributed by atoms with Crippen LogP contribution in [0.25, 0.3) is 4.85 Å². The first-order chi connectivity index (χ1) is 4.88. The van der Waals surface area contributed by atoms with Gasteiger partial charge in [-0.2, -0.15) is 5.26 Å². The largest absolute Gasteiger partial charge is 0.257 e. The van der Waals surface area contributed by atoms with Crippen LogP contribution in [0.3, 0.4) is 0 Å². The first-order valence-corrected chi connectivity index (χ1v) is 2.61. The van der Waals surface area contributed by atoms with Crippen molar-refractivity contribution in [3.63, 3.8) is 0 Å². The number of rotatable bonds is 0. The van der Waals surface area contributed by atoms with Gasteiger partial charge in [-0.3, -0.25) is 4.98 Å². The molecule has 0 aliphatic carbocycles. The van der Waals surface area contributed by atoms with Gasteiger partial charge in [0.15, 0.2) is 0 Å². The Morgan fingerprint density at radius 3 is 3.00 bits per heavy atom. The van der Waals surface area contributed by atoms with E-state index in [9.17, 15) is 0 Å². The molecule has 1 aromatic rings. The third-order valence-electron chi connectivity index (χ3n) is 1.01. The van der Waals surface area contributed by atoms with Crippen molar-refractivity contribution in [1.82, 2.24) is 4.98 Å². The molecule has 0 aliphatic rings. The van der Waals surface area contributed by atoms with Crippen molar-refractivity contribution in [2.24, 2.45) is 0 Å². The number of aromatic nitrogens is 1. The molecule has 0 atom stereocenters. The molecule has 1 heterocycles. The van der Waals surface area contributed by atoms with Gasteiger partial charge < -0.3 is 0 Å². The molecule has 1 rings (SSSR count). The molecular weight excluding hydrogens is 126 g/mol. The van der Waals surface area contributed by atoms with Crippen LogP contribution in [0, 0.1) is 17.9 Å². The first kappa shape index (κ1) is 6.25. The summed E-state index contributed by atoms with van der Waals surface area (Å²) in [6.07, 6.45) is 1.49. The lowest BCUT2D eigenvalue weighted by molar-refractivity contribution is 1.27. The van der Waals surface area contributed by atoms with Crippen LogP contribution in [0.1, 0.15) is 5.69 Å². The molecule has 3 nitrogen and oxygen atoms in total. The van der Waals surface area contributed by atoms with Gasteiger partial charge in [-0.1, -0.05) is 12.1 Å². The summed E-state index contributed by atoms with van der Waals surface area (Å²) in [7, 11) is 0. The van der Waals surface area contributed by atoms with Gasteiger partial charge in [0.1, 0.15) is 11.8 Å². The van der Waals surface area contributed by atoms with Gasteiger partial charge >= 0.3 is 0 Å². The summed E-state index contributed by atoms with van der Waals surface area (Å²) in [5.74, 6) is 0. The lowest BCUT2D eigenvalue weighted by atomic mass is 10.3. The van der Waals surface area contributed by atoms with E-state index in [1.54, 1.807) is 12.1 Å². The van der Waals surface area contributed by atoms with Gasteiger partial charge in [-0.25, -0.2) is 4.85 Å². The van der Waals surface area contributed by atoms with E-state index in [1.807, 2.05) is 6.07 Å². The van der Waals surface area contributed by atoms with Crippen molar-refractivity contribution >= 4 is 5.69 Å². The Labute approximate surface area is 58.4 Å². The maximum atomic E-state index is 8.39. The minimum absolute atomic E-state index is 0.192. The Hall–Kier alpha value is -1.87. The highest BCUT2D eigenvalue weighted by molar-refractivity contribution is 5.53. The monoisotopic (exact) mass is 129 g/mol. The third-order valence-corrected chi connectivity index (χ3v) is 1.01. The van der Waals surface area contributed by atoms with Gasteiger partial charge in [-0.05, 0) is 0 Å². The smallest absolute Gasteiger partial charge is 0.222 e. The van der Waals surface area contributed by atoms with Crippen LogP contribution in [-0.2, 0) is 0 Å². The van der Waals surface area contributed by atoms with E-state index in [-0.39, 0.29) is 5.69 Å². The van der Waals surface area contributed by atoms with Gasteiger partial charge in [-0.15, -0.1) is 0 Å². The Kier molecular flexibility index (Phi) is 1.63. The lowest BCUT2D eigenvalue weighted by Crippen LogP contribution is -1.78. The summed E-state index contributed by atoms with van der Waals surface area (Å²) in [6, 6.07) is 5.02. The van der Waals surface area contributed by atoms with Gasteiger partial charge in [0, 0.05) is 6.20 Å². The number of hydrogen-bond acceptors (Lipinski definition) is 2. The van der Waals surface area contributed by atoms with Crippen molar-refractivity contribution in [3.05, 3.63) is 35.4 Å². The molecule has 1 aromatic heterocycles. The Bertz CT molecular complexity index is 283. The van der Waals surface area contributed by atoms with Crippen LogP contribution in [0.15, 0.2) is 18.3 Å². The number of pyridine rings is 1. The topological polar surface area (TPSA) is 41.0 Å². The van der Waals surface area contributed by atoms with Crippen LogP contribution in [0.5, 0.6) is 0 Å². The molecule has 0 saturated carbocycles. The summed E-state index contributed by atoms with van der Waals surface area (Å²) >= 11 is 0. The van der Waals surface area contributed by atoms with Crippen LogP contribution in [0.4, 0.5) is 5.69 Å². The highest BCUT2D eigenvalue weighted by atomic mass is 14.8. The molecule has 0 fully saturated rings. The van der Waals surface area contributed by atoms with Crippen molar-refractivity contribution in [3.8, 4) is 6.07 Å². The van der Waals surface area contributed by atoms with E-state index in [2.05, 4.69) is 9.83 Å². The molecular formula is C7H3N3. The number of nitriles is 1. The first-order valence-electron chi connectivity index (χ1n) is 2.61. The normalized spacial score (nSPS) is 7.80. The number of nitrogens with zero attached hydrogens (tertiary/aromatic N) is 3. The highest BCUT2D eigenvalue weighted by Gasteiger charge is 1.98. The molecule has 0 aromatic carbocycles. The van der Waals surface area contributed by atoms with Crippen molar-refractivity contribution in [2.45, 2.75) is 0 Å². The lowest BCUT2D eigenvalue weighted by Gasteiger charge is -1.87. The second kappa shape index (κ2) is 2.61. The zero-order valence-corrected chi connectivity index (χ0v) is 5.07. The predicted molar refractivity (Wildman–Crippen MR) is 35.2 cm³/mol. The van der Waals surface area contributed by atoms with Gasteiger partial charge in [0.25, 0.3) is 0 Å². The summed E-state index contributed by atoms with van der Waals surface area (Å²) in [5, 5.41) is 8.39. The zero-order chi connectivity index (χ0) is 7.40. The average Bonchev–Trinajstić information content (AvgIpc) is 2.04. The maximum absolute atomic E-state index is 8.39. The van der Waals surface area contributed by atoms with E-state index < -0.39 is 0 Å².